The molecule has 1 unspecified atom stereocenters. The summed E-state index contributed by atoms with van der Waals surface area (Å²) < 4.78 is 5.12. The summed E-state index contributed by atoms with van der Waals surface area (Å²) >= 11 is 0. The second-order valence-corrected chi connectivity index (χ2v) is 5.32. The number of piperidine rings is 1. The molecule has 7 heteroatoms. The van der Waals surface area contributed by atoms with Gasteiger partial charge in [-0.05, 0) is 19.3 Å². The average Bonchev–Trinajstić information content (AvgIpc) is 2.52. The first-order valence-electron chi connectivity index (χ1n) is 7.51. The fourth-order valence-electron chi connectivity index (χ4n) is 2.41. The van der Waals surface area contributed by atoms with Gasteiger partial charge in [-0.25, -0.2) is 0 Å². The molecule has 0 radical (unpaired) electrons. The Labute approximate surface area is 125 Å². The summed E-state index contributed by atoms with van der Waals surface area (Å²) in [6.45, 7) is 2.09. The van der Waals surface area contributed by atoms with Crippen LogP contribution < -0.4 is 11.1 Å². The molecule has 0 spiro atoms. The van der Waals surface area contributed by atoms with Gasteiger partial charge >= 0.3 is 0 Å². The van der Waals surface area contributed by atoms with Crippen LogP contribution in [0.25, 0.3) is 0 Å². The Bertz CT molecular complexity index is 326. The minimum absolute atomic E-state index is 0.0206. The SMILES string of the molecule is COC(CN)CC(=O)N1CCC(C(=O)NCCCO)CC1. The van der Waals surface area contributed by atoms with Gasteiger partial charge in [-0.2, -0.15) is 0 Å². The monoisotopic (exact) mass is 301 g/mol. The molecule has 0 saturated carbocycles. The van der Waals surface area contributed by atoms with Gasteiger partial charge in [0.2, 0.25) is 11.8 Å². The standard InChI is InChI=1S/C14H27N3O4/c1-21-12(10-15)9-13(19)17-6-3-11(4-7-17)14(20)16-5-2-8-18/h11-12,18H,2-10,15H2,1H3,(H,16,20). The summed E-state index contributed by atoms with van der Waals surface area (Å²) in [5.41, 5.74) is 5.51. The lowest BCUT2D eigenvalue weighted by atomic mass is 9.95. The Morgan fingerprint density at radius 1 is 1.43 bits per heavy atom. The molecule has 1 heterocycles. The third kappa shape index (κ3) is 5.99. The molecule has 0 aliphatic carbocycles. The third-order valence-electron chi connectivity index (χ3n) is 3.85. The molecule has 2 amide bonds. The quantitative estimate of drug-likeness (QED) is 0.503. The molecule has 0 bridgehead atoms. The highest BCUT2D eigenvalue weighted by Crippen LogP contribution is 2.18. The van der Waals surface area contributed by atoms with Crippen molar-refractivity contribution < 1.29 is 19.4 Å². The van der Waals surface area contributed by atoms with E-state index in [0.29, 0.717) is 51.9 Å². The highest BCUT2D eigenvalue weighted by Gasteiger charge is 2.27. The third-order valence-corrected chi connectivity index (χ3v) is 3.85. The maximum atomic E-state index is 12.1. The number of nitrogens with one attached hydrogen (secondary N) is 1. The number of carbonyl (C=O) groups is 2. The molecule has 0 aromatic rings. The van der Waals surface area contributed by atoms with Crippen molar-refractivity contribution in [2.75, 3.05) is 39.9 Å². The van der Waals surface area contributed by atoms with Gasteiger partial charge < -0.3 is 25.8 Å². The topological polar surface area (TPSA) is 105 Å². The second-order valence-electron chi connectivity index (χ2n) is 5.32. The Kier molecular flexibility index (Phi) is 8.26. The summed E-state index contributed by atoms with van der Waals surface area (Å²) in [7, 11) is 1.55. The smallest absolute Gasteiger partial charge is 0.225 e. The number of aliphatic hydroxyl groups is 1. The predicted octanol–water partition coefficient (Wildman–Crippen LogP) is -0.913. The maximum Gasteiger partial charge on any atom is 0.225 e. The molecule has 1 saturated heterocycles. The van der Waals surface area contributed by atoms with E-state index in [1.807, 2.05) is 0 Å². The summed E-state index contributed by atoms with van der Waals surface area (Å²) in [6.07, 6.45) is 1.98. The van der Waals surface area contributed by atoms with Crippen molar-refractivity contribution in [3.63, 3.8) is 0 Å². The minimum atomic E-state index is -0.239. The minimum Gasteiger partial charge on any atom is -0.396 e. The van der Waals surface area contributed by atoms with E-state index in [1.165, 1.54) is 0 Å². The zero-order valence-electron chi connectivity index (χ0n) is 12.7. The molecule has 7 nitrogen and oxygen atoms in total. The number of nitrogens with two attached hydrogens (primary N) is 1. The van der Waals surface area contributed by atoms with Crippen LogP contribution >= 0.6 is 0 Å². The number of methoxy groups -OCH3 is 1. The van der Waals surface area contributed by atoms with Gasteiger partial charge in [0.15, 0.2) is 0 Å². The molecule has 1 rings (SSSR count). The molecule has 1 aliphatic heterocycles. The van der Waals surface area contributed by atoms with Gasteiger partial charge in [-0.15, -0.1) is 0 Å². The van der Waals surface area contributed by atoms with Crippen LogP contribution in [-0.4, -0.2) is 67.8 Å². The first-order chi connectivity index (χ1) is 10.1. The fourth-order valence-corrected chi connectivity index (χ4v) is 2.41. The Hall–Kier alpha value is -1.18. The Morgan fingerprint density at radius 3 is 2.62 bits per heavy atom. The van der Waals surface area contributed by atoms with Crippen LogP contribution in [0.1, 0.15) is 25.7 Å². The number of carbonyl (C=O) groups excluding carboxylic acids is 2. The maximum absolute atomic E-state index is 12.1. The number of rotatable bonds is 8. The van der Waals surface area contributed by atoms with Crippen LogP contribution in [-0.2, 0) is 14.3 Å². The number of ether oxygens (including phenoxy) is 1. The second kappa shape index (κ2) is 9.70. The highest BCUT2D eigenvalue weighted by atomic mass is 16.5. The summed E-state index contributed by atoms with van der Waals surface area (Å²) in [5.74, 6) is 0.0131. The van der Waals surface area contributed by atoms with E-state index in [-0.39, 0.29) is 30.4 Å². The number of aliphatic hydroxyl groups excluding tert-OH is 1. The lowest BCUT2D eigenvalue weighted by molar-refractivity contribution is -0.137. The van der Waals surface area contributed by atoms with Gasteiger partial charge in [0, 0.05) is 45.8 Å². The lowest BCUT2D eigenvalue weighted by Gasteiger charge is -2.32. The molecule has 4 N–H and O–H groups in total. The van der Waals surface area contributed by atoms with E-state index in [4.69, 9.17) is 15.6 Å². The molecule has 1 aliphatic rings. The van der Waals surface area contributed by atoms with Gasteiger partial charge in [-0.1, -0.05) is 0 Å². The number of likely N-dealkylation sites (tertiary alicyclic amines) is 1. The zero-order valence-corrected chi connectivity index (χ0v) is 12.7. The molecule has 0 aromatic carbocycles. The molecule has 1 fully saturated rings. The Morgan fingerprint density at radius 2 is 2.10 bits per heavy atom. The van der Waals surface area contributed by atoms with Crippen molar-refractivity contribution in [2.45, 2.75) is 31.8 Å². The Balaban J connectivity index is 2.31. The zero-order chi connectivity index (χ0) is 15.7. The van der Waals surface area contributed by atoms with Crippen LogP contribution in [0.4, 0.5) is 0 Å². The molecule has 21 heavy (non-hydrogen) atoms. The highest BCUT2D eigenvalue weighted by molar-refractivity contribution is 5.80. The van der Waals surface area contributed by atoms with E-state index in [2.05, 4.69) is 5.32 Å². The van der Waals surface area contributed by atoms with Crippen LogP contribution in [0.15, 0.2) is 0 Å². The van der Waals surface area contributed by atoms with Gasteiger partial charge in [-0.3, -0.25) is 9.59 Å². The first kappa shape index (κ1) is 17.9. The molecule has 0 aromatic heterocycles. The number of hydrogen-bond acceptors (Lipinski definition) is 5. The van der Waals surface area contributed by atoms with Crippen LogP contribution in [0.3, 0.4) is 0 Å². The lowest BCUT2D eigenvalue weighted by Crippen LogP contribution is -2.44. The van der Waals surface area contributed by atoms with Crippen molar-refractivity contribution in [1.29, 1.82) is 0 Å². The van der Waals surface area contributed by atoms with Crippen molar-refractivity contribution in [1.82, 2.24) is 10.2 Å². The van der Waals surface area contributed by atoms with E-state index in [9.17, 15) is 9.59 Å². The van der Waals surface area contributed by atoms with Gasteiger partial charge in [0.1, 0.15) is 0 Å². The van der Waals surface area contributed by atoms with Crippen molar-refractivity contribution >= 4 is 11.8 Å². The van der Waals surface area contributed by atoms with E-state index in [0.717, 1.165) is 0 Å². The summed E-state index contributed by atoms with van der Waals surface area (Å²) in [6, 6.07) is 0. The molecule has 122 valence electrons. The van der Waals surface area contributed by atoms with Crippen molar-refractivity contribution in [2.24, 2.45) is 11.7 Å². The van der Waals surface area contributed by atoms with Gasteiger partial charge in [0.05, 0.1) is 12.5 Å². The predicted molar refractivity (Wildman–Crippen MR) is 78.5 cm³/mol. The van der Waals surface area contributed by atoms with Crippen LogP contribution in [0.5, 0.6) is 0 Å². The van der Waals surface area contributed by atoms with Crippen molar-refractivity contribution in [3.05, 3.63) is 0 Å². The molecule has 1 atom stereocenters. The molecular weight excluding hydrogens is 274 g/mol. The van der Waals surface area contributed by atoms with E-state index >= 15 is 0 Å². The largest absolute Gasteiger partial charge is 0.396 e. The normalized spacial score (nSPS) is 17.6. The van der Waals surface area contributed by atoms with Gasteiger partial charge in [0.25, 0.3) is 0 Å². The van der Waals surface area contributed by atoms with E-state index in [1.54, 1.807) is 12.0 Å². The fraction of sp³-hybridized carbons (Fsp3) is 0.857. The first-order valence-corrected chi connectivity index (χ1v) is 7.51. The molecular formula is C14H27N3O4. The summed E-state index contributed by atoms with van der Waals surface area (Å²) in [4.78, 5) is 25.7. The summed E-state index contributed by atoms with van der Waals surface area (Å²) in [5, 5.41) is 11.5. The van der Waals surface area contributed by atoms with Crippen molar-refractivity contribution in [3.8, 4) is 0 Å². The average molecular weight is 301 g/mol. The van der Waals surface area contributed by atoms with E-state index < -0.39 is 0 Å². The van der Waals surface area contributed by atoms with Crippen LogP contribution in [0, 0.1) is 5.92 Å². The number of amides is 2. The number of nitrogens with zero attached hydrogens (tertiary/aromatic N) is 1. The van der Waals surface area contributed by atoms with Crippen LogP contribution in [0.2, 0.25) is 0 Å². The number of hydrogen-bond donors (Lipinski definition) is 3.